The average molecular weight is 520 g/mol. The van der Waals surface area contributed by atoms with E-state index < -0.39 is 0 Å². The van der Waals surface area contributed by atoms with Gasteiger partial charge in [0.15, 0.2) is 5.13 Å². The van der Waals surface area contributed by atoms with Crippen molar-refractivity contribution in [3.8, 4) is 0 Å². The summed E-state index contributed by atoms with van der Waals surface area (Å²) in [6, 6.07) is 12.0. The SMILES string of the molecule is Cc1ccc(C)c2sc(N3CCN(CCNC(=O)c4ccccc4I)CC3)nc12. The number of carbonyl (C=O) groups excluding carboxylic acids is 1. The molecule has 0 atom stereocenters. The third-order valence-electron chi connectivity index (χ3n) is 5.41. The van der Waals surface area contributed by atoms with Crippen LogP contribution in [0.4, 0.5) is 5.13 Å². The third-order valence-corrected chi connectivity index (χ3v) is 7.60. The molecule has 7 heteroatoms. The largest absolute Gasteiger partial charge is 0.351 e. The van der Waals surface area contributed by atoms with Gasteiger partial charge in [-0.25, -0.2) is 4.98 Å². The van der Waals surface area contributed by atoms with Gasteiger partial charge in [-0.2, -0.15) is 0 Å². The molecule has 0 saturated carbocycles. The number of anilines is 1. The molecule has 1 aliphatic rings. The quantitative estimate of drug-likeness (QED) is 0.516. The van der Waals surface area contributed by atoms with Crippen molar-refractivity contribution >= 4 is 55.2 Å². The predicted octanol–water partition coefficient (Wildman–Crippen LogP) is 4.07. The molecule has 5 nitrogen and oxygen atoms in total. The summed E-state index contributed by atoms with van der Waals surface area (Å²) < 4.78 is 2.29. The molecule has 4 rings (SSSR count). The smallest absolute Gasteiger partial charge is 0.252 e. The zero-order valence-corrected chi connectivity index (χ0v) is 19.7. The second-order valence-corrected chi connectivity index (χ2v) is 9.58. The number of nitrogens with zero attached hydrogens (tertiary/aromatic N) is 3. The molecule has 1 N–H and O–H groups in total. The van der Waals surface area contributed by atoms with Gasteiger partial charge in [0.05, 0.1) is 15.8 Å². The molecular weight excluding hydrogens is 495 g/mol. The van der Waals surface area contributed by atoms with E-state index in [1.807, 2.05) is 24.3 Å². The minimum absolute atomic E-state index is 0.00820. The normalized spacial score (nSPS) is 15.1. The lowest BCUT2D eigenvalue weighted by atomic mass is 10.1. The lowest BCUT2D eigenvalue weighted by molar-refractivity contribution is 0.0947. The summed E-state index contributed by atoms with van der Waals surface area (Å²) in [5.74, 6) is 0.00820. The molecule has 0 bridgehead atoms. The van der Waals surface area contributed by atoms with E-state index in [0.29, 0.717) is 6.54 Å². The van der Waals surface area contributed by atoms with Gasteiger partial charge in [0.1, 0.15) is 0 Å². The number of thiazole rings is 1. The van der Waals surface area contributed by atoms with Crippen LogP contribution in [-0.2, 0) is 0 Å². The van der Waals surface area contributed by atoms with Gasteiger partial charge < -0.3 is 10.2 Å². The van der Waals surface area contributed by atoms with E-state index in [4.69, 9.17) is 4.98 Å². The average Bonchev–Trinajstić information content (AvgIpc) is 3.18. The molecule has 0 unspecified atom stereocenters. The van der Waals surface area contributed by atoms with Crippen LogP contribution in [-0.4, -0.2) is 55.1 Å². The van der Waals surface area contributed by atoms with Gasteiger partial charge in [-0.15, -0.1) is 0 Å². The number of hydrogen-bond acceptors (Lipinski definition) is 5. The van der Waals surface area contributed by atoms with E-state index in [-0.39, 0.29) is 5.91 Å². The Morgan fingerprint density at radius 3 is 2.55 bits per heavy atom. The van der Waals surface area contributed by atoms with Gasteiger partial charge in [-0.05, 0) is 59.7 Å². The number of rotatable bonds is 5. The van der Waals surface area contributed by atoms with E-state index in [0.717, 1.165) is 52.5 Å². The fourth-order valence-electron chi connectivity index (χ4n) is 3.61. The highest BCUT2D eigenvalue weighted by Crippen LogP contribution is 2.33. The van der Waals surface area contributed by atoms with Crippen molar-refractivity contribution in [2.45, 2.75) is 13.8 Å². The van der Waals surface area contributed by atoms with Crippen LogP contribution in [0.5, 0.6) is 0 Å². The standard InChI is InChI=1S/C22H25IN4OS/c1-15-7-8-16(2)20-19(15)25-22(29-20)27-13-11-26(12-14-27)10-9-24-21(28)17-5-3-4-6-18(17)23/h3-8H,9-14H2,1-2H3,(H,24,28). The Labute approximate surface area is 189 Å². The van der Waals surface area contributed by atoms with E-state index in [1.54, 1.807) is 11.3 Å². The van der Waals surface area contributed by atoms with Gasteiger partial charge >= 0.3 is 0 Å². The molecule has 0 spiro atoms. The molecule has 1 aliphatic heterocycles. The fourth-order valence-corrected chi connectivity index (χ4v) is 5.41. The Morgan fingerprint density at radius 1 is 1.10 bits per heavy atom. The summed E-state index contributed by atoms with van der Waals surface area (Å²) in [6.45, 7) is 9.77. The van der Waals surface area contributed by atoms with Crippen molar-refractivity contribution in [1.29, 1.82) is 0 Å². The van der Waals surface area contributed by atoms with Crippen LogP contribution >= 0.6 is 33.9 Å². The summed E-state index contributed by atoms with van der Waals surface area (Å²) in [5, 5.41) is 4.18. The Bertz CT molecular complexity index is 988. The van der Waals surface area contributed by atoms with E-state index in [2.05, 4.69) is 63.7 Å². The van der Waals surface area contributed by atoms with E-state index in [9.17, 15) is 4.79 Å². The predicted molar refractivity (Wildman–Crippen MR) is 129 cm³/mol. The second kappa shape index (κ2) is 8.97. The Balaban J connectivity index is 1.29. The van der Waals surface area contributed by atoms with Crippen molar-refractivity contribution in [3.05, 3.63) is 56.7 Å². The zero-order valence-electron chi connectivity index (χ0n) is 16.7. The number of fused-ring (bicyclic) bond motifs is 1. The van der Waals surface area contributed by atoms with Crippen LogP contribution in [0.1, 0.15) is 21.5 Å². The molecule has 152 valence electrons. The summed E-state index contributed by atoms with van der Waals surface area (Å²) in [7, 11) is 0. The lowest BCUT2D eigenvalue weighted by Gasteiger charge is -2.34. The summed E-state index contributed by atoms with van der Waals surface area (Å²) in [5.41, 5.74) is 4.44. The molecule has 2 aromatic carbocycles. The second-order valence-electron chi connectivity index (χ2n) is 7.44. The summed E-state index contributed by atoms with van der Waals surface area (Å²) in [6.07, 6.45) is 0. The molecule has 2 heterocycles. The van der Waals surface area contributed by atoms with Crippen LogP contribution in [0.25, 0.3) is 10.2 Å². The monoisotopic (exact) mass is 520 g/mol. The van der Waals surface area contributed by atoms with Crippen LogP contribution in [0.3, 0.4) is 0 Å². The molecule has 0 aliphatic carbocycles. The first-order valence-corrected chi connectivity index (χ1v) is 11.8. The highest BCUT2D eigenvalue weighted by Gasteiger charge is 2.20. The van der Waals surface area contributed by atoms with Crippen molar-refractivity contribution < 1.29 is 4.79 Å². The van der Waals surface area contributed by atoms with Crippen LogP contribution in [0.15, 0.2) is 36.4 Å². The maximum atomic E-state index is 12.3. The van der Waals surface area contributed by atoms with Crippen molar-refractivity contribution in [2.24, 2.45) is 0 Å². The number of benzene rings is 2. The molecule has 1 saturated heterocycles. The minimum atomic E-state index is 0.00820. The first kappa shape index (κ1) is 20.6. The minimum Gasteiger partial charge on any atom is -0.351 e. The molecule has 1 fully saturated rings. The molecule has 0 radical (unpaired) electrons. The fraction of sp³-hybridized carbons (Fsp3) is 0.364. The van der Waals surface area contributed by atoms with Crippen molar-refractivity contribution in [3.63, 3.8) is 0 Å². The number of nitrogens with one attached hydrogen (secondary N) is 1. The van der Waals surface area contributed by atoms with Crippen molar-refractivity contribution in [1.82, 2.24) is 15.2 Å². The molecule has 1 amide bonds. The maximum Gasteiger partial charge on any atom is 0.252 e. The van der Waals surface area contributed by atoms with Crippen LogP contribution in [0.2, 0.25) is 0 Å². The number of amides is 1. The maximum absolute atomic E-state index is 12.3. The first-order valence-electron chi connectivity index (χ1n) is 9.89. The van der Waals surface area contributed by atoms with Crippen LogP contribution in [0, 0.1) is 17.4 Å². The summed E-state index contributed by atoms with van der Waals surface area (Å²) >= 11 is 4.01. The number of carbonyl (C=O) groups is 1. The number of hydrogen-bond donors (Lipinski definition) is 1. The van der Waals surface area contributed by atoms with Gasteiger partial charge in [0.2, 0.25) is 0 Å². The molecule has 3 aromatic rings. The molecule has 1 aromatic heterocycles. The van der Waals surface area contributed by atoms with Crippen LogP contribution < -0.4 is 10.2 Å². The van der Waals surface area contributed by atoms with Gasteiger partial charge in [0, 0.05) is 42.8 Å². The Morgan fingerprint density at radius 2 is 1.83 bits per heavy atom. The third kappa shape index (κ3) is 4.57. The Hall–Kier alpha value is -1.71. The van der Waals surface area contributed by atoms with Gasteiger partial charge in [0.25, 0.3) is 5.91 Å². The highest BCUT2D eigenvalue weighted by atomic mass is 127. The van der Waals surface area contributed by atoms with Gasteiger partial charge in [-0.3, -0.25) is 9.69 Å². The highest BCUT2D eigenvalue weighted by molar-refractivity contribution is 14.1. The lowest BCUT2D eigenvalue weighted by Crippen LogP contribution is -2.48. The number of aryl methyl sites for hydroxylation is 2. The molecular formula is C22H25IN4OS. The topological polar surface area (TPSA) is 48.5 Å². The first-order chi connectivity index (χ1) is 14.0. The number of aromatic nitrogens is 1. The van der Waals surface area contributed by atoms with Crippen molar-refractivity contribution in [2.75, 3.05) is 44.2 Å². The summed E-state index contributed by atoms with van der Waals surface area (Å²) in [4.78, 5) is 22.1. The number of halogens is 1. The zero-order chi connectivity index (χ0) is 20.4. The Kier molecular flexibility index (Phi) is 6.36. The molecule has 29 heavy (non-hydrogen) atoms. The number of piperazine rings is 1. The van der Waals surface area contributed by atoms with Gasteiger partial charge in [-0.1, -0.05) is 35.6 Å². The van der Waals surface area contributed by atoms with E-state index in [1.165, 1.54) is 15.8 Å². The van der Waals surface area contributed by atoms with E-state index >= 15 is 0 Å².